The maximum Gasteiger partial charge on any atom is 0.238 e. The van der Waals surface area contributed by atoms with Gasteiger partial charge in [0.05, 0.1) is 18.1 Å². The number of aromatic nitrogens is 2. The van der Waals surface area contributed by atoms with E-state index in [4.69, 9.17) is 9.88 Å². The molecule has 1 aromatic heterocycles. The van der Waals surface area contributed by atoms with Crippen LogP contribution in [0.1, 0.15) is 0 Å². The minimum absolute atomic E-state index is 0.0280. The van der Waals surface area contributed by atoms with E-state index in [0.717, 1.165) is 37.7 Å². The first-order valence-corrected chi connectivity index (χ1v) is 10.9. The maximum atomic E-state index is 11.5. The molecule has 9 nitrogen and oxygen atoms in total. The molecule has 2 aromatic carbocycles. The Labute approximate surface area is 175 Å². The van der Waals surface area contributed by atoms with Gasteiger partial charge in [0.25, 0.3) is 0 Å². The van der Waals surface area contributed by atoms with E-state index in [0.29, 0.717) is 17.5 Å². The predicted molar refractivity (Wildman–Crippen MR) is 116 cm³/mol. The van der Waals surface area contributed by atoms with E-state index < -0.39 is 10.0 Å². The lowest BCUT2D eigenvalue weighted by Gasteiger charge is -2.28. The fourth-order valence-electron chi connectivity index (χ4n) is 3.09. The van der Waals surface area contributed by atoms with Crippen molar-refractivity contribution in [2.45, 2.75) is 4.90 Å². The molecule has 30 heavy (non-hydrogen) atoms. The van der Waals surface area contributed by atoms with Gasteiger partial charge in [0, 0.05) is 36.3 Å². The molecule has 10 heteroatoms. The van der Waals surface area contributed by atoms with Crippen molar-refractivity contribution >= 4 is 38.9 Å². The highest BCUT2D eigenvalue weighted by molar-refractivity contribution is 7.89. The Morgan fingerprint density at radius 1 is 0.967 bits per heavy atom. The summed E-state index contributed by atoms with van der Waals surface area (Å²) in [5, 5.41) is 11.4. The Balaban J connectivity index is 1.45. The lowest BCUT2D eigenvalue weighted by Crippen LogP contribution is -2.36. The van der Waals surface area contributed by atoms with Crippen molar-refractivity contribution < 1.29 is 13.2 Å². The summed E-state index contributed by atoms with van der Waals surface area (Å²) in [5.41, 5.74) is 2.57. The van der Waals surface area contributed by atoms with Gasteiger partial charge >= 0.3 is 0 Å². The number of rotatable bonds is 6. The van der Waals surface area contributed by atoms with Crippen LogP contribution in [0.4, 0.5) is 28.8 Å². The Morgan fingerprint density at radius 2 is 1.73 bits per heavy atom. The summed E-state index contributed by atoms with van der Waals surface area (Å²) in [4.78, 5) is 11.0. The Bertz CT molecular complexity index is 1120. The van der Waals surface area contributed by atoms with Gasteiger partial charge in [0.2, 0.25) is 16.0 Å². The van der Waals surface area contributed by atoms with Gasteiger partial charge in [0.1, 0.15) is 5.82 Å². The summed E-state index contributed by atoms with van der Waals surface area (Å²) in [7, 11) is -3.77. The van der Waals surface area contributed by atoms with Crippen LogP contribution < -0.4 is 20.7 Å². The summed E-state index contributed by atoms with van der Waals surface area (Å²) < 4.78 is 28.4. The van der Waals surface area contributed by atoms with Gasteiger partial charge in [-0.25, -0.2) is 18.5 Å². The van der Waals surface area contributed by atoms with Crippen LogP contribution in [0.5, 0.6) is 0 Å². The first-order chi connectivity index (χ1) is 14.5. The Hall–Kier alpha value is -3.21. The van der Waals surface area contributed by atoms with Crippen molar-refractivity contribution in [1.82, 2.24) is 9.97 Å². The average molecular weight is 427 g/mol. The minimum atomic E-state index is -3.77. The third kappa shape index (κ3) is 5.03. The van der Waals surface area contributed by atoms with Crippen LogP contribution in [0.3, 0.4) is 0 Å². The van der Waals surface area contributed by atoms with Crippen molar-refractivity contribution in [3.63, 3.8) is 0 Å². The molecule has 1 aliphatic rings. The first kappa shape index (κ1) is 20.1. The molecule has 4 N–H and O–H groups in total. The Morgan fingerprint density at radius 3 is 2.47 bits per heavy atom. The molecule has 3 aromatic rings. The third-order valence-corrected chi connectivity index (χ3v) is 5.50. The van der Waals surface area contributed by atoms with Gasteiger partial charge in [-0.3, -0.25) is 0 Å². The van der Waals surface area contributed by atoms with E-state index in [9.17, 15) is 8.42 Å². The molecule has 0 saturated carbocycles. The molecule has 0 amide bonds. The van der Waals surface area contributed by atoms with E-state index in [1.54, 1.807) is 24.4 Å². The van der Waals surface area contributed by atoms with Gasteiger partial charge in [-0.15, -0.1) is 0 Å². The number of primary sulfonamides is 1. The summed E-state index contributed by atoms with van der Waals surface area (Å²) in [5.74, 6) is 0.936. The highest BCUT2D eigenvalue weighted by atomic mass is 32.2. The van der Waals surface area contributed by atoms with Crippen LogP contribution in [0.2, 0.25) is 0 Å². The number of nitrogens with two attached hydrogens (primary N) is 1. The van der Waals surface area contributed by atoms with Crippen molar-refractivity contribution in [2.24, 2.45) is 5.14 Å². The fraction of sp³-hybridized carbons (Fsp3) is 0.200. The number of sulfonamides is 1. The average Bonchev–Trinajstić information content (AvgIpc) is 2.75. The largest absolute Gasteiger partial charge is 0.378 e. The molecule has 0 atom stereocenters. The zero-order valence-corrected chi connectivity index (χ0v) is 17.0. The van der Waals surface area contributed by atoms with E-state index in [1.165, 1.54) is 12.1 Å². The smallest absolute Gasteiger partial charge is 0.238 e. The van der Waals surface area contributed by atoms with E-state index >= 15 is 0 Å². The predicted octanol–water partition coefficient (Wildman–Crippen LogP) is 2.45. The molecule has 0 aliphatic carbocycles. The number of nitrogens with one attached hydrogen (secondary N) is 2. The van der Waals surface area contributed by atoms with E-state index in [2.05, 4.69) is 37.6 Å². The van der Waals surface area contributed by atoms with Crippen LogP contribution in [-0.4, -0.2) is 44.7 Å². The highest BCUT2D eigenvalue weighted by Gasteiger charge is 2.11. The molecule has 0 unspecified atom stereocenters. The topological polar surface area (TPSA) is 122 Å². The standard InChI is InChI=1S/C20H22N6O3S/c21-30(27,28)18-3-1-2-16(14-18)23-19-8-9-22-20(25-19)24-15-4-6-17(7-5-15)26-10-12-29-13-11-26/h1-9,14H,10-13H2,(H2,21,27,28)(H2,22,23,24,25). The van der Waals surface area contributed by atoms with Gasteiger partial charge in [-0.05, 0) is 48.5 Å². The van der Waals surface area contributed by atoms with Crippen LogP contribution in [0, 0.1) is 0 Å². The van der Waals surface area contributed by atoms with Crippen molar-refractivity contribution in [1.29, 1.82) is 0 Å². The van der Waals surface area contributed by atoms with Crippen LogP contribution in [-0.2, 0) is 14.8 Å². The van der Waals surface area contributed by atoms with E-state index in [-0.39, 0.29) is 4.90 Å². The molecule has 0 spiro atoms. The van der Waals surface area contributed by atoms with Crippen molar-refractivity contribution in [2.75, 3.05) is 41.8 Å². The van der Waals surface area contributed by atoms with Crippen LogP contribution in [0.25, 0.3) is 0 Å². The number of benzene rings is 2. The molecule has 1 fully saturated rings. The second kappa shape index (κ2) is 8.66. The summed E-state index contributed by atoms with van der Waals surface area (Å²) in [6.07, 6.45) is 1.61. The van der Waals surface area contributed by atoms with Gasteiger partial charge in [-0.1, -0.05) is 6.07 Å². The van der Waals surface area contributed by atoms with Gasteiger partial charge < -0.3 is 20.3 Å². The maximum absolute atomic E-state index is 11.5. The first-order valence-electron chi connectivity index (χ1n) is 9.40. The summed E-state index contributed by atoms with van der Waals surface area (Å²) in [6, 6.07) is 16.0. The second-order valence-electron chi connectivity index (χ2n) is 6.73. The fourth-order valence-corrected chi connectivity index (χ4v) is 3.65. The molecular weight excluding hydrogens is 404 g/mol. The number of hydrogen-bond donors (Lipinski definition) is 3. The number of morpholine rings is 1. The zero-order valence-electron chi connectivity index (χ0n) is 16.2. The summed E-state index contributed by atoms with van der Waals surface area (Å²) >= 11 is 0. The zero-order chi connectivity index (χ0) is 21.0. The molecule has 4 rings (SSSR count). The quantitative estimate of drug-likeness (QED) is 0.549. The normalized spacial score (nSPS) is 14.4. The molecule has 2 heterocycles. The molecule has 1 saturated heterocycles. The van der Waals surface area contributed by atoms with Gasteiger partial charge in [0.15, 0.2) is 0 Å². The minimum Gasteiger partial charge on any atom is -0.378 e. The SMILES string of the molecule is NS(=O)(=O)c1cccc(Nc2ccnc(Nc3ccc(N4CCOCC4)cc3)n2)c1. The second-order valence-corrected chi connectivity index (χ2v) is 8.30. The van der Waals surface area contributed by atoms with Crippen LogP contribution >= 0.6 is 0 Å². The number of ether oxygens (including phenoxy) is 1. The Kier molecular flexibility index (Phi) is 5.79. The molecule has 156 valence electrons. The molecule has 0 bridgehead atoms. The number of anilines is 5. The van der Waals surface area contributed by atoms with Gasteiger partial charge in [-0.2, -0.15) is 4.98 Å². The van der Waals surface area contributed by atoms with E-state index in [1.807, 2.05) is 12.1 Å². The summed E-state index contributed by atoms with van der Waals surface area (Å²) in [6.45, 7) is 3.26. The lowest BCUT2D eigenvalue weighted by molar-refractivity contribution is 0.122. The van der Waals surface area contributed by atoms with Crippen LogP contribution in [0.15, 0.2) is 65.7 Å². The van der Waals surface area contributed by atoms with Crippen molar-refractivity contribution in [3.8, 4) is 0 Å². The highest BCUT2D eigenvalue weighted by Crippen LogP contribution is 2.22. The number of nitrogens with zero attached hydrogens (tertiary/aromatic N) is 3. The molecular formula is C20H22N6O3S. The number of hydrogen-bond acceptors (Lipinski definition) is 8. The molecule has 0 radical (unpaired) electrons. The molecule has 1 aliphatic heterocycles. The monoisotopic (exact) mass is 426 g/mol. The lowest BCUT2D eigenvalue weighted by atomic mass is 10.2. The van der Waals surface area contributed by atoms with Crippen molar-refractivity contribution in [3.05, 3.63) is 60.8 Å². The third-order valence-electron chi connectivity index (χ3n) is 4.59.